The van der Waals surface area contributed by atoms with Crippen LogP contribution in [0.3, 0.4) is 0 Å². The molecule has 1 atom stereocenters. The number of morpholine rings is 1. The normalized spacial score (nSPS) is 25.4. The molecule has 15 heavy (non-hydrogen) atoms. The zero-order chi connectivity index (χ0) is 10.5. The Morgan fingerprint density at radius 1 is 1.33 bits per heavy atom. The Balaban J connectivity index is 1.46. The van der Waals surface area contributed by atoms with Gasteiger partial charge in [-0.3, -0.25) is 4.90 Å². The van der Waals surface area contributed by atoms with Crippen molar-refractivity contribution in [2.24, 2.45) is 5.92 Å². The van der Waals surface area contributed by atoms with Gasteiger partial charge in [-0.2, -0.15) is 0 Å². The van der Waals surface area contributed by atoms with E-state index >= 15 is 0 Å². The Morgan fingerprint density at radius 2 is 2.07 bits per heavy atom. The molecule has 0 aromatic heterocycles. The molecule has 0 aromatic rings. The predicted molar refractivity (Wildman–Crippen MR) is 58.9 cm³/mol. The van der Waals surface area contributed by atoms with Gasteiger partial charge in [-0.1, -0.05) is 0 Å². The van der Waals surface area contributed by atoms with E-state index in [1.54, 1.807) is 0 Å². The Morgan fingerprint density at radius 3 is 2.73 bits per heavy atom. The fraction of sp³-hybridized carbons (Fsp3) is 1.00. The summed E-state index contributed by atoms with van der Waals surface area (Å²) in [6.45, 7) is 6.63. The predicted octanol–water partition coefficient (Wildman–Crippen LogP) is -0.321. The van der Waals surface area contributed by atoms with Crippen molar-refractivity contribution in [3.63, 3.8) is 0 Å². The fourth-order valence-corrected chi connectivity index (χ4v) is 1.96. The zero-order valence-corrected chi connectivity index (χ0v) is 9.32. The zero-order valence-electron chi connectivity index (χ0n) is 9.32. The van der Waals surface area contributed by atoms with Crippen molar-refractivity contribution in [3.05, 3.63) is 0 Å². The largest absolute Gasteiger partial charge is 0.392 e. The average Bonchev–Trinajstić information content (AvgIpc) is 3.09. The lowest BCUT2D eigenvalue weighted by Crippen LogP contribution is -2.41. The van der Waals surface area contributed by atoms with Crippen LogP contribution >= 0.6 is 0 Å². The van der Waals surface area contributed by atoms with Gasteiger partial charge in [0.1, 0.15) is 0 Å². The fourth-order valence-electron chi connectivity index (χ4n) is 1.96. The second-order valence-corrected chi connectivity index (χ2v) is 4.56. The van der Waals surface area contributed by atoms with Gasteiger partial charge in [0.15, 0.2) is 0 Å². The first-order chi connectivity index (χ1) is 7.36. The summed E-state index contributed by atoms with van der Waals surface area (Å²) in [4.78, 5) is 2.40. The van der Waals surface area contributed by atoms with Gasteiger partial charge in [0.25, 0.3) is 0 Å². The minimum Gasteiger partial charge on any atom is -0.392 e. The maximum Gasteiger partial charge on any atom is 0.0692 e. The summed E-state index contributed by atoms with van der Waals surface area (Å²) in [5.74, 6) is 0.584. The standard InChI is InChI=1S/C11H22N2O2/c14-11(10-1-2-10)9-12-3-4-13-5-7-15-8-6-13/h10-12,14H,1-9H2. The van der Waals surface area contributed by atoms with E-state index in [2.05, 4.69) is 10.2 Å². The van der Waals surface area contributed by atoms with Crippen LogP contribution < -0.4 is 5.32 Å². The first-order valence-corrected chi connectivity index (χ1v) is 6.05. The smallest absolute Gasteiger partial charge is 0.0692 e. The van der Waals surface area contributed by atoms with Crippen LogP contribution in [0.2, 0.25) is 0 Å². The molecule has 2 N–H and O–H groups in total. The molecule has 1 aliphatic heterocycles. The molecule has 88 valence electrons. The van der Waals surface area contributed by atoms with E-state index in [9.17, 15) is 5.11 Å². The van der Waals surface area contributed by atoms with Crippen LogP contribution in [0.1, 0.15) is 12.8 Å². The number of nitrogens with zero attached hydrogens (tertiary/aromatic N) is 1. The molecule has 4 heteroatoms. The summed E-state index contributed by atoms with van der Waals surface area (Å²) in [6.07, 6.45) is 2.31. The van der Waals surface area contributed by atoms with Crippen LogP contribution in [0.4, 0.5) is 0 Å². The molecule has 4 nitrogen and oxygen atoms in total. The maximum atomic E-state index is 9.63. The SMILES string of the molecule is OC(CNCCN1CCOCC1)C1CC1. The molecule has 0 spiro atoms. The van der Waals surface area contributed by atoms with Crippen molar-refractivity contribution >= 4 is 0 Å². The lowest BCUT2D eigenvalue weighted by molar-refractivity contribution is 0.0379. The molecule has 2 rings (SSSR count). The highest BCUT2D eigenvalue weighted by atomic mass is 16.5. The molecule has 2 aliphatic rings. The number of hydrogen-bond donors (Lipinski definition) is 2. The first kappa shape index (κ1) is 11.3. The molecule has 0 radical (unpaired) electrons. The molecule has 1 heterocycles. The number of ether oxygens (including phenoxy) is 1. The third kappa shape index (κ3) is 4.07. The average molecular weight is 214 g/mol. The highest BCUT2D eigenvalue weighted by molar-refractivity contribution is 4.82. The number of rotatable bonds is 6. The van der Waals surface area contributed by atoms with Crippen LogP contribution in [0.25, 0.3) is 0 Å². The van der Waals surface area contributed by atoms with Crippen LogP contribution in [0, 0.1) is 5.92 Å². The molecule has 0 bridgehead atoms. The highest BCUT2D eigenvalue weighted by Crippen LogP contribution is 2.32. The molecular formula is C11H22N2O2. The van der Waals surface area contributed by atoms with E-state index in [1.165, 1.54) is 12.8 Å². The second kappa shape index (κ2) is 5.80. The molecule has 0 aromatic carbocycles. The number of aliphatic hydroxyl groups is 1. The quantitative estimate of drug-likeness (QED) is 0.595. The van der Waals surface area contributed by atoms with Crippen molar-refractivity contribution in [2.45, 2.75) is 18.9 Å². The summed E-state index contributed by atoms with van der Waals surface area (Å²) in [6, 6.07) is 0. The lowest BCUT2D eigenvalue weighted by Gasteiger charge is -2.26. The Labute approximate surface area is 91.6 Å². The summed E-state index contributed by atoms with van der Waals surface area (Å²) in [5, 5.41) is 13.0. The monoisotopic (exact) mass is 214 g/mol. The number of hydrogen-bond acceptors (Lipinski definition) is 4. The van der Waals surface area contributed by atoms with E-state index in [-0.39, 0.29) is 6.10 Å². The van der Waals surface area contributed by atoms with Crippen LogP contribution in [-0.2, 0) is 4.74 Å². The van der Waals surface area contributed by atoms with Gasteiger partial charge in [0, 0.05) is 32.7 Å². The molecule has 1 unspecified atom stereocenters. The Bertz CT molecular complexity index is 179. The topological polar surface area (TPSA) is 44.7 Å². The van der Waals surface area contributed by atoms with Gasteiger partial charge in [0.2, 0.25) is 0 Å². The van der Waals surface area contributed by atoms with Crippen molar-refractivity contribution in [3.8, 4) is 0 Å². The van der Waals surface area contributed by atoms with Crippen LogP contribution in [0.15, 0.2) is 0 Å². The molecule has 1 saturated heterocycles. The van der Waals surface area contributed by atoms with Gasteiger partial charge in [-0.25, -0.2) is 0 Å². The number of nitrogens with one attached hydrogen (secondary N) is 1. The third-order valence-electron chi connectivity index (χ3n) is 3.23. The van der Waals surface area contributed by atoms with Crippen molar-refractivity contribution in [2.75, 3.05) is 45.9 Å². The summed E-state index contributed by atoms with van der Waals surface area (Å²) >= 11 is 0. The number of aliphatic hydroxyl groups excluding tert-OH is 1. The van der Waals surface area contributed by atoms with Crippen molar-refractivity contribution in [1.82, 2.24) is 10.2 Å². The van der Waals surface area contributed by atoms with Gasteiger partial charge in [-0.05, 0) is 18.8 Å². The van der Waals surface area contributed by atoms with Gasteiger partial charge < -0.3 is 15.2 Å². The van der Waals surface area contributed by atoms with Gasteiger partial charge in [0.05, 0.1) is 19.3 Å². The van der Waals surface area contributed by atoms with Crippen LogP contribution in [-0.4, -0.2) is 62.0 Å². The van der Waals surface area contributed by atoms with Gasteiger partial charge in [-0.15, -0.1) is 0 Å². The molecule has 1 aliphatic carbocycles. The minimum atomic E-state index is -0.116. The molecule has 2 fully saturated rings. The second-order valence-electron chi connectivity index (χ2n) is 4.56. The summed E-state index contributed by atoms with van der Waals surface area (Å²) in [5.41, 5.74) is 0. The summed E-state index contributed by atoms with van der Waals surface area (Å²) in [7, 11) is 0. The summed E-state index contributed by atoms with van der Waals surface area (Å²) < 4.78 is 5.28. The van der Waals surface area contributed by atoms with Gasteiger partial charge >= 0.3 is 0 Å². The van der Waals surface area contributed by atoms with Crippen molar-refractivity contribution in [1.29, 1.82) is 0 Å². The Kier molecular flexibility index (Phi) is 4.38. The maximum absolute atomic E-state index is 9.63. The molecule has 0 amide bonds. The van der Waals surface area contributed by atoms with E-state index in [4.69, 9.17) is 4.74 Å². The highest BCUT2D eigenvalue weighted by Gasteiger charge is 2.29. The Hall–Kier alpha value is -0.160. The van der Waals surface area contributed by atoms with E-state index in [0.29, 0.717) is 5.92 Å². The lowest BCUT2D eigenvalue weighted by atomic mass is 10.2. The van der Waals surface area contributed by atoms with Crippen molar-refractivity contribution < 1.29 is 9.84 Å². The molecule has 1 saturated carbocycles. The molecular weight excluding hydrogens is 192 g/mol. The van der Waals surface area contributed by atoms with E-state index < -0.39 is 0 Å². The first-order valence-electron chi connectivity index (χ1n) is 6.05. The van der Waals surface area contributed by atoms with E-state index in [1.807, 2.05) is 0 Å². The van der Waals surface area contributed by atoms with Crippen LogP contribution in [0.5, 0.6) is 0 Å². The van der Waals surface area contributed by atoms with E-state index in [0.717, 1.165) is 45.9 Å². The third-order valence-corrected chi connectivity index (χ3v) is 3.23. The minimum absolute atomic E-state index is 0.116.